The standard InChI is InChI=1S/C16H19N3O4/c1-11(8-9-12-6-4-3-5-7-12)17-13(20)10-19-15(22)14(21)18(2)16(19)23/h3-7,11H,8-10H2,1-2H3,(H,17,20)/t11-/m1/s1. The SMILES string of the molecule is C[C@H](CCc1ccccc1)NC(=O)CN1C(=O)C(=O)N(C)C1=O. The van der Waals surface area contributed by atoms with Crippen molar-refractivity contribution in [1.29, 1.82) is 0 Å². The highest BCUT2D eigenvalue weighted by atomic mass is 16.2. The van der Waals surface area contributed by atoms with Crippen LogP contribution in [0.15, 0.2) is 30.3 Å². The number of hydrogen-bond acceptors (Lipinski definition) is 4. The molecule has 0 spiro atoms. The van der Waals surface area contributed by atoms with Gasteiger partial charge >= 0.3 is 17.8 Å². The summed E-state index contributed by atoms with van der Waals surface area (Å²) in [6.45, 7) is 1.41. The van der Waals surface area contributed by atoms with Crippen molar-refractivity contribution in [2.45, 2.75) is 25.8 Å². The lowest BCUT2D eigenvalue weighted by molar-refractivity contribution is -0.143. The molecule has 0 aliphatic carbocycles. The van der Waals surface area contributed by atoms with E-state index in [1.54, 1.807) is 0 Å². The maximum absolute atomic E-state index is 11.9. The summed E-state index contributed by atoms with van der Waals surface area (Å²) in [5.41, 5.74) is 1.17. The fourth-order valence-corrected chi connectivity index (χ4v) is 2.32. The summed E-state index contributed by atoms with van der Waals surface area (Å²) in [6.07, 6.45) is 1.54. The van der Waals surface area contributed by atoms with Crippen LogP contribution >= 0.6 is 0 Å². The highest BCUT2D eigenvalue weighted by Crippen LogP contribution is 2.09. The zero-order chi connectivity index (χ0) is 17.0. The van der Waals surface area contributed by atoms with Gasteiger partial charge in [-0.3, -0.25) is 19.3 Å². The van der Waals surface area contributed by atoms with Crippen molar-refractivity contribution in [3.8, 4) is 0 Å². The molecule has 7 heteroatoms. The van der Waals surface area contributed by atoms with Crippen molar-refractivity contribution < 1.29 is 19.2 Å². The average molecular weight is 317 g/mol. The molecule has 1 aromatic carbocycles. The number of nitrogens with one attached hydrogen (secondary N) is 1. The largest absolute Gasteiger partial charge is 0.352 e. The van der Waals surface area contributed by atoms with Crippen LogP contribution in [0.1, 0.15) is 18.9 Å². The summed E-state index contributed by atoms with van der Waals surface area (Å²) in [4.78, 5) is 47.9. The van der Waals surface area contributed by atoms with Gasteiger partial charge in [-0.15, -0.1) is 0 Å². The minimum Gasteiger partial charge on any atom is -0.352 e. The Morgan fingerprint density at radius 3 is 2.35 bits per heavy atom. The topological polar surface area (TPSA) is 86.8 Å². The number of urea groups is 1. The molecule has 1 heterocycles. The number of likely N-dealkylation sites (N-methyl/N-ethyl adjacent to an activating group) is 1. The first-order valence-corrected chi connectivity index (χ1v) is 7.37. The predicted octanol–water partition coefficient (Wildman–Crippen LogP) is 0.544. The van der Waals surface area contributed by atoms with Crippen LogP contribution < -0.4 is 5.32 Å². The second-order valence-electron chi connectivity index (χ2n) is 5.53. The van der Waals surface area contributed by atoms with Crippen LogP contribution in [0.2, 0.25) is 0 Å². The molecule has 7 nitrogen and oxygen atoms in total. The van der Waals surface area contributed by atoms with E-state index in [1.807, 2.05) is 37.3 Å². The third kappa shape index (κ3) is 3.94. The van der Waals surface area contributed by atoms with Gasteiger partial charge in [-0.2, -0.15) is 0 Å². The summed E-state index contributed by atoms with van der Waals surface area (Å²) in [7, 11) is 1.21. The molecule has 5 amide bonds. The third-order valence-corrected chi connectivity index (χ3v) is 3.67. The molecular formula is C16H19N3O4. The summed E-state index contributed by atoms with van der Waals surface area (Å²) < 4.78 is 0. The predicted molar refractivity (Wildman–Crippen MR) is 82.2 cm³/mol. The molecule has 0 saturated carbocycles. The van der Waals surface area contributed by atoms with Gasteiger partial charge < -0.3 is 5.32 Å². The van der Waals surface area contributed by atoms with Crippen LogP contribution in [0.5, 0.6) is 0 Å². The Bertz CT molecular complexity index is 629. The summed E-state index contributed by atoms with van der Waals surface area (Å²) in [5, 5.41) is 2.73. The van der Waals surface area contributed by atoms with Crippen molar-refractivity contribution >= 4 is 23.8 Å². The van der Waals surface area contributed by atoms with E-state index in [4.69, 9.17) is 0 Å². The molecule has 1 aliphatic rings. The molecule has 2 rings (SSSR count). The third-order valence-electron chi connectivity index (χ3n) is 3.67. The monoisotopic (exact) mass is 317 g/mol. The zero-order valence-electron chi connectivity index (χ0n) is 13.1. The Labute approximate surface area is 134 Å². The molecule has 1 saturated heterocycles. The van der Waals surface area contributed by atoms with Crippen LogP contribution in [0.3, 0.4) is 0 Å². The van der Waals surface area contributed by atoms with Crippen molar-refractivity contribution in [2.24, 2.45) is 0 Å². The average Bonchev–Trinajstić information content (AvgIpc) is 2.72. The van der Waals surface area contributed by atoms with Crippen LogP contribution in [0, 0.1) is 0 Å². The number of hydrogen-bond donors (Lipinski definition) is 1. The molecule has 1 atom stereocenters. The van der Waals surface area contributed by atoms with E-state index in [9.17, 15) is 19.2 Å². The molecule has 1 N–H and O–H groups in total. The number of aryl methyl sites for hydroxylation is 1. The van der Waals surface area contributed by atoms with E-state index in [1.165, 1.54) is 12.6 Å². The molecule has 1 aromatic rings. The molecule has 0 unspecified atom stereocenters. The van der Waals surface area contributed by atoms with Gasteiger partial charge in [0.25, 0.3) is 0 Å². The van der Waals surface area contributed by atoms with E-state index in [-0.39, 0.29) is 6.04 Å². The van der Waals surface area contributed by atoms with Crippen molar-refractivity contribution in [1.82, 2.24) is 15.1 Å². The molecule has 0 bridgehead atoms. The Morgan fingerprint density at radius 1 is 1.13 bits per heavy atom. The van der Waals surface area contributed by atoms with Crippen LogP contribution in [0.4, 0.5) is 4.79 Å². The van der Waals surface area contributed by atoms with Gasteiger partial charge in [0.15, 0.2) is 0 Å². The second kappa shape index (κ2) is 7.04. The van der Waals surface area contributed by atoms with Crippen LogP contribution in [0.25, 0.3) is 0 Å². The zero-order valence-corrected chi connectivity index (χ0v) is 13.1. The highest BCUT2D eigenvalue weighted by molar-refractivity contribution is 6.44. The first kappa shape index (κ1) is 16.7. The first-order chi connectivity index (χ1) is 10.9. The summed E-state index contributed by atoms with van der Waals surface area (Å²) in [6, 6.07) is 9.00. The van der Waals surface area contributed by atoms with Gasteiger partial charge in [0.2, 0.25) is 5.91 Å². The number of carbonyl (C=O) groups is 4. The quantitative estimate of drug-likeness (QED) is 0.613. The minimum atomic E-state index is -0.968. The molecule has 0 aromatic heterocycles. The van der Waals surface area contributed by atoms with Crippen molar-refractivity contribution in [3.05, 3.63) is 35.9 Å². The van der Waals surface area contributed by atoms with Gasteiger partial charge in [-0.25, -0.2) is 9.69 Å². The Balaban J connectivity index is 1.81. The van der Waals surface area contributed by atoms with Crippen LogP contribution in [-0.2, 0) is 20.8 Å². The van der Waals surface area contributed by atoms with Gasteiger partial charge in [0.1, 0.15) is 6.54 Å². The highest BCUT2D eigenvalue weighted by Gasteiger charge is 2.42. The van der Waals surface area contributed by atoms with E-state index in [0.717, 1.165) is 12.8 Å². The van der Waals surface area contributed by atoms with Gasteiger partial charge in [-0.1, -0.05) is 30.3 Å². The van der Waals surface area contributed by atoms with Gasteiger partial charge in [-0.05, 0) is 25.3 Å². The second-order valence-corrected chi connectivity index (χ2v) is 5.53. The number of rotatable bonds is 6. The molecular weight excluding hydrogens is 298 g/mol. The van der Waals surface area contributed by atoms with E-state index < -0.39 is 30.3 Å². The Hall–Kier alpha value is -2.70. The Kier molecular flexibility index (Phi) is 5.10. The fourth-order valence-electron chi connectivity index (χ4n) is 2.32. The van der Waals surface area contributed by atoms with Gasteiger partial charge in [0.05, 0.1) is 0 Å². The maximum Gasteiger partial charge on any atom is 0.334 e. The van der Waals surface area contributed by atoms with Crippen molar-refractivity contribution in [3.63, 3.8) is 0 Å². The Morgan fingerprint density at radius 2 is 1.78 bits per heavy atom. The molecule has 122 valence electrons. The maximum atomic E-state index is 11.9. The lowest BCUT2D eigenvalue weighted by atomic mass is 10.1. The fraction of sp³-hybridized carbons (Fsp3) is 0.375. The molecule has 1 fully saturated rings. The minimum absolute atomic E-state index is 0.107. The number of benzene rings is 1. The molecule has 0 radical (unpaired) electrons. The first-order valence-electron chi connectivity index (χ1n) is 7.37. The number of nitrogens with zero attached hydrogens (tertiary/aromatic N) is 2. The number of carbonyl (C=O) groups excluding carboxylic acids is 4. The lowest BCUT2D eigenvalue weighted by Gasteiger charge is -2.17. The summed E-state index contributed by atoms with van der Waals surface area (Å²) in [5.74, 6) is -2.35. The smallest absolute Gasteiger partial charge is 0.334 e. The van der Waals surface area contributed by atoms with Gasteiger partial charge in [0, 0.05) is 13.1 Å². The van der Waals surface area contributed by atoms with E-state index in [0.29, 0.717) is 9.80 Å². The van der Waals surface area contributed by atoms with Crippen molar-refractivity contribution in [2.75, 3.05) is 13.6 Å². The number of amides is 5. The lowest BCUT2D eigenvalue weighted by Crippen LogP contribution is -2.43. The molecule has 23 heavy (non-hydrogen) atoms. The van der Waals surface area contributed by atoms with E-state index >= 15 is 0 Å². The number of imide groups is 2. The van der Waals surface area contributed by atoms with Crippen LogP contribution in [-0.4, -0.2) is 53.2 Å². The van der Waals surface area contributed by atoms with E-state index in [2.05, 4.69) is 5.32 Å². The summed E-state index contributed by atoms with van der Waals surface area (Å²) >= 11 is 0. The molecule has 1 aliphatic heterocycles. The normalized spacial score (nSPS) is 16.0.